The van der Waals surface area contributed by atoms with Crippen LogP contribution in [0.4, 0.5) is 4.79 Å². The van der Waals surface area contributed by atoms with Crippen LogP contribution in [0.2, 0.25) is 0 Å². The molecule has 1 amide bonds. The molecule has 0 aromatic heterocycles. The van der Waals surface area contributed by atoms with E-state index in [1.807, 2.05) is 30.3 Å². The van der Waals surface area contributed by atoms with Crippen LogP contribution >= 0.6 is 0 Å². The number of carbonyl (C=O) groups excluding carboxylic acids is 2. The van der Waals surface area contributed by atoms with Crippen molar-refractivity contribution in [3.63, 3.8) is 0 Å². The minimum atomic E-state index is -1.07. The van der Waals surface area contributed by atoms with E-state index in [0.717, 1.165) is 5.56 Å². The fourth-order valence-corrected chi connectivity index (χ4v) is 1.81. The van der Waals surface area contributed by atoms with E-state index in [9.17, 15) is 14.4 Å². The maximum Gasteiger partial charge on any atom is 0.410 e. The summed E-state index contributed by atoms with van der Waals surface area (Å²) in [6.07, 6.45) is -1.04. The van der Waals surface area contributed by atoms with Crippen molar-refractivity contribution >= 4 is 18.0 Å². The number of carbonyl (C=O) groups is 3. The largest absolute Gasteiger partial charge is 0.481 e. The van der Waals surface area contributed by atoms with Gasteiger partial charge in [-0.05, 0) is 5.56 Å². The molecule has 0 saturated carbocycles. The van der Waals surface area contributed by atoms with Gasteiger partial charge in [-0.25, -0.2) is 4.79 Å². The highest BCUT2D eigenvalue weighted by Gasteiger charge is 2.15. The molecule has 1 aromatic carbocycles. The number of carboxylic acid groups (broad SMARTS) is 1. The molecule has 1 aromatic rings. The summed E-state index contributed by atoms with van der Waals surface area (Å²) in [5.41, 5.74) is 6.32. The molecule has 0 aliphatic rings. The van der Waals surface area contributed by atoms with E-state index in [-0.39, 0.29) is 45.7 Å². The molecule has 0 aliphatic heterocycles. The van der Waals surface area contributed by atoms with E-state index in [4.69, 9.17) is 20.3 Å². The second-order valence-corrected chi connectivity index (χ2v) is 4.93. The van der Waals surface area contributed by atoms with Gasteiger partial charge in [0.05, 0.1) is 19.4 Å². The second-order valence-electron chi connectivity index (χ2n) is 4.93. The van der Waals surface area contributed by atoms with Gasteiger partial charge >= 0.3 is 18.0 Å². The van der Waals surface area contributed by atoms with Crippen molar-refractivity contribution in [2.75, 3.05) is 26.2 Å². The molecule has 0 heterocycles. The fourth-order valence-electron chi connectivity index (χ4n) is 1.81. The first-order valence-corrected chi connectivity index (χ1v) is 7.56. The zero-order valence-electron chi connectivity index (χ0n) is 13.3. The van der Waals surface area contributed by atoms with Crippen molar-refractivity contribution in [1.82, 2.24) is 4.90 Å². The summed E-state index contributed by atoms with van der Waals surface area (Å²) in [5.74, 6) is -1.69. The molecule has 0 aliphatic carbocycles. The van der Waals surface area contributed by atoms with Crippen molar-refractivity contribution in [3.8, 4) is 0 Å². The molecule has 1 rings (SSSR count). The monoisotopic (exact) mass is 338 g/mol. The number of nitrogens with two attached hydrogens (primary N) is 1. The van der Waals surface area contributed by atoms with Crippen molar-refractivity contribution in [2.24, 2.45) is 5.73 Å². The van der Waals surface area contributed by atoms with E-state index in [1.54, 1.807) is 0 Å². The second kappa shape index (κ2) is 11.0. The fraction of sp³-hybridized carbons (Fsp3) is 0.438. The van der Waals surface area contributed by atoms with E-state index in [0.29, 0.717) is 0 Å². The molecule has 0 spiro atoms. The predicted octanol–water partition coefficient (Wildman–Crippen LogP) is 0.992. The minimum Gasteiger partial charge on any atom is -0.481 e. The lowest BCUT2D eigenvalue weighted by Gasteiger charge is -2.21. The average molecular weight is 338 g/mol. The Balaban J connectivity index is 2.35. The smallest absolute Gasteiger partial charge is 0.410 e. The Labute approximate surface area is 140 Å². The lowest BCUT2D eigenvalue weighted by Crippen LogP contribution is -2.38. The number of amides is 1. The Morgan fingerprint density at radius 3 is 2.38 bits per heavy atom. The maximum atomic E-state index is 12.0. The van der Waals surface area contributed by atoms with Crippen LogP contribution in [0.5, 0.6) is 0 Å². The first kappa shape index (κ1) is 19.4. The van der Waals surface area contributed by atoms with E-state index in [1.165, 1.54) is 4.90 Å². The summed E-state index contributed by atoms with van der Waals surface area (Å²) in [6.45, 7) is 0.732. The average Bonchev–Trinajstić information content (AvgIpc) is 2.58. The van der Waals surface area contributed by atoms with Crippen LogP contribution < -0.4 is 5.73 Å². The SMILES string of the molecule is NCCN(CCOC(=O)CCC(=O)O)C(=O)OCc1ccccc1. The number of carboxylic acids is 1. The number of benzene rings is 1. The molecule has 24 heavy (non-hydrogen) atoms. The van der Waals surface area contributed by atoms with Gasteiger partial charge < -0.3 is 25.2 Å². The topological polar surface area (TPSA) is 119 Å². The lowest BCUT2D eigenvalue weighted by molar-refractivity contribution is -0.148. The molecular weight excluding hydrogens is 316 g/mol. The highest BCUT2D eigenvalue weighted by atomic mass is 16.6. The van der Waals surface area contributed by atoms with Gasteiger partial charge in [-0.2, -0.15) is 0 Å². The third-order valence-corrected chi connectivity index (χ3v) is 3.03. The number of nitrogens with zero attached hydrogens (tertiary/aromatic N) is 1. The number of esters is 1. The molecule has 0 fully saturated rings. The van der Waals surface area contributed by atoms with Gasteiger partial charge in [0.2, 0.25) is 0 Å². The molecule has 3 N–H and O–H groups in total. The normalized spacial score (nSPS) is 10.0. The van der Waals surface area contributed by atoms with Gasteiger partial charge in [0.25, 0.3) is 0 Å². The Hall–Kier alpha value is -2.61. The summed E-state index contributed by atoms with van der Waals surface area (Å²) in [6, 6.07) is 9.23. The summed E-state index contributed by atoms with van der Waals surface area (Å²) in [7, 11) is 0. The Morgan fingerprint density at radius 1 is 1.04 bits per heavy atom. The summed E-state index contributed by atoms with van der Waals surface area (Å²) < 4.78 is 10.1. The molecule has 132 valence electrons. The highest BCUT2D eigenvalue weighted by molar-refractivity contribution is 5.76. The quantitative estimate of drug-likeness (QED) is 0.611. The molecule has 0 bridgehead atoms. The van der Waals surface area contributed by atoms with Crippen LogP contribution in [-0.2, 0) is 25.7 Å². The van der Waals surface area contributed by atoms with Gasteiger partial charge in [0, 0.05) is 13.1 Å². The first-order chi connectivity index (χ1) is 11.5. The summed E-state index contributed by atoms with van der Waals surface area (Å²) in [4.78, 5) is 35.0. The van der Waals surface area contributed by atoms with E-state index in [2.05, 4.69) is 0 Å². The van der Waals surface area contributed by atoms with E-state index < -0.39 is 18.0 Å². The third kappa shape index (κ3) is 8.14. The van der Waals surface area contributed by atoms with Gasteiger partial charge in [-0.3, -0.25) is 9.59 Å². The van der Waals surface area contributed by atoms with Crippen molar-refractivity contribution in [2.45, 2.75) is 19.4 Å². The number of hydrogen-bond acceptors (Lipinski definition) is 6. The molecule has 0 saturated heterocycles. The Bertz CT molecular complexity index is 535. The standard InChI is InChI=1S/C16H22N2O6/c17-8-9-18(10-11-23-15(21)7-6-14(19)20)16(22)24-12-13-4-2-1-3-5-13/h1-5H,6-12,17H2,(H,19,20). The van der Waals surface area contributed by atoms with Crippen molar-refractivity contribution in [3.05, 3.63) is 35.9 Å². The van der Waals surface area contributed by atoms with Gasteiger partial charge in [-0.1, -0.05) is 30.3 Å². The number of ether oxygens (including phenoxy) is 2. The first-order valence-electron chi connectivity index (χ1n) is 7.56. The number of rotatable bonds is 10. The molecule has 8 nitrogen and oxygen atoms in total. The van der Waals surface area contributed by atoms with Gasteiger partial charge in [0.15, 0.2) is 0 Å². The van der Waals surface area contributed by atoms with Crippen LogP contribution in [0.25, 0.3) is 0 Å². The molecule has 8 heteroatoms. The third-order valence-electron chi connectivity index (χ3n) is 3.03. The van der Waals surface area contributed by atoms with E-state index >= 15 is 0 Å². The van der Waals surface area contributed by atoms with Crippen molar-refractivity contribution < 1.29 is 29.0 Å². The van der Waals surface area contributed by atoms with Gasteiger partial charge in [-0.15, -0.1) is 0 Å². The number of aliphatic carboxylic acids is 1. The minimum absolute atomic E-state index is 0.0428. The van der Waals surface area contributed by atoms with Crippen molar-refractivity contribution in [1.29, 1.82) is 0 Å². The highest BCUT2D eigenvalue weighted by Crippen LogP contribution is 2.03. The molecule has 0 radical (unpaired) electrons. The molecule has 0 unspecified atom stereocenters. The van der Waals surface area contributed by atoms with Crippen LogP contribution in [-0.4, -0.2) is 54.3 Å². The Morgan fingerprint density at radius 2 is 1.75 bits per heavy atom. The Kier molecular flexibility index (Phi) is 8.91. The molecule has 0 atom stereocenters. The van der Waals surface area contributed by atoms with Gasteiger partial charge in [0.1, 0.15) is 13.2 Å². The van der Waals surface area contributed by atoms with Crippen LogP contribution in [0.1, 0.15) is 18.4 Å². The summed E-state index contributed by atoms with van der Waals surface area (Å²) in [5, 5.41) is 8.48. The predicted molar refractivity (Wildman–Crippen MR) is 85.1 cm³/mol. The zero-order chi connectivity index (χ0) is 17.8. The lowest BCUT2D eigenvalue weighted by atomic mass is 10.2. The van der Waals surface area contributed by atoms with Crippen LogP contribution in [0.3, 0.4) is 0 Å². The number of hydrogen-bond donors (Lipinski definition) is 2. The maximum absolute atomic E-state index is 12.0. The molecular formula is C16H22N2O6. The van der Waals surface area contributed by atoms with Crippen LogP contribution in [0.15, 0.2) is 30.3 Å². The van der Waals surface area contributed by atoms with Crippen LogP contribution in [0, 0.1) is 0 Å². The zero-order valence-corrected chi connectivity index (χ0v) is 13.3. The summed E-state index contributed by atoms with van der Waals surface area (Å²) >= 11 is 0.